The number of halogens is 3. The second-order valence-corrected chi connectivity index (χ2v) is 4.33. The number of carbonyl (C=O) groups excluding carboxylic acids is 1. The predicted octanol–water partition coefficient (Wildman–Crippen LogP) is 0.698. The van der Waals surface area contributed by atoms with Gasteiger partial charge in [-0.25, -0.2) is 4.79 Å². The Hall–Kier alpha value is -3.18. The van der Waals surface area contributed by atoms with Crippen LogP contribution < -0.4 is 5.73 Å². The zero-order valence-electron chi connectivity index (χ0n) is 11.4. The Morgan fingerprint density at radius 1 is 1.30 bits per heavy atom. The van der Waals surface area contributed by atoms with Crippen LogP contribution in [-0.4, -0.2) is 42.7 Å². The van der Waals surface area contributed by atoms with Crippen LogP contribution in [0.1, 0.15) is 16.2 Å². The Bertz CT molecular complexity index is 899. The minimum atomic E-state index is -4.72. The van der Waals surface area contributed by atoms with E-state index >= 15 is 0 Å². The number of nitrogens with zero attached hydrogens (tertiary/aromatic N) is 6. The number of ether oxygens (including phenoxy) is 1. The van der Waals surface area contributed by atoms with Gasteiger partial charge in [0.1, 0.15) is 11.4 Å². The van der Waals surface area contributed by atoms with Gasteiger partial charge in [0.05, 0.1) is 13.3 Å². The number of hydrogen-bond donors (Lipinski definition) is 1. The van der Waals surface area contributed by atoms with E-state index < -0.39 is 18.0 Å². The molecule has 0 unspecified atom stereocenters. The first kappa shape index (κ1) is 14.7. The molecule has 0 fully saturated rings. The second kappa shape index (κ2) is 4.93. The molecule has 2 N–H and O–H groups in total. The minimum absolute atomic E-state index is 0.0332. The number of nitrogen functional groups attached to an aromatic ring is 1. The monoisotopic (exact) mass is 327 g/mol. The van der Waals surface area contributed by atoms with E-state index in [-0.39, 0.29) is 22.8 Å². The van der Waals surface area contributed by atoms with Gasteiger partial charge in [-0.1, -0.05) is 0 Å². The molecule has 3 heterocycles. The van der Waals surface area contributed by atoms with Crippen molar-refractivity contribution >= 4 is 17.4 Å². The van der Waals surface area contributed by atoms with Crippen molar-refractivity contribution in [1.82, 2.24) is 29.6 Å². The fourth-order valence-corrected chi connectivity index (χ4v) is 1.88. The first-order valence-corrected chi connectivity index (χ1v) is 6.04. The molecule has 0 saturated carbocycles. The largest absolute Gasteiger partial charge is 0.465 e. The number of nitrogens with two attached hydrogens (primary N) is 1. The van der Waals surface area contributed by atoms with Crippen molar-refractivity contribution in [2.24, 2.45) is 0 Å². The molecule has 0 atom stereocenters. The van der Waals surface area contributed by atoms with Crippen molar-refractivity contribution < 1.29 is 22.7 Å². The number of hydrogen-bond acceptors (Lipinski definition) is 7. The highest BCUT2D eigenvalue weighted by atomic mass is 19.4. The van der Waals surface area contributed by atoms with Gasteiger partial charge in [-0.2, -0.15) is 27.5 Å². The van der Waals surface area contributed by atoms with Gasteiger partial charge in [0.15, 0.2) is 11.5 Å². The summed E-state index contributed by atoms with van der Waals surface area (Å²) in [5.74, 6) is -2.18. The predicted molar refractivity (Wildman–Crippen MR) is 68.7 cm³/mol. The van der Waals surface area contributed by atoms with Gasteiger partial charge in [-0.3, -0.25) is 0 Å². The lowest BCUT2D eigenvalue weighted by molar-refractivity contribution is -0.146. The first-order chi connectivity index (χ1) is 10.8. The summed E-state index contributed by atoms with van der Waals surface area (Å²) in [7, 11) is 1.16. The summed E-state index contributed by atoms with van der Waals surface area (Å²) in [6.07, 6.45) is -3.60. The van der Waals surface area contributed by atoms with E-state index in [0.29, 0.717) is 4.52 Å². The number of rotatable bonds is 2. The molecule has 0 amide bonds. The molecular formula is C11H8F3N7O2. The van der Waals surface area contributed by atoms with Gasteiger partial charge in [0.2, 0.25) is 0 Å². The van der Waals surface area contributed by atoms with E-state index in [2.05, 4.69) is 25.1 Å². The molecule has 3 aromatic heterocycles. The van der Waals surface area contributed by atoms with E-state index in [4.69, 9.17) is 5.73 Å². The van der Waals surface area contributed by atoms with Crippen molar-refractivity contribution in [3.8, 4) is 5.82 Å². The molecule has 0 spiro atoms. The average molecular weight is 327 g/mol. The van der Waals surface area contributed by atoms with Gasteiger partial charge < -0.3 is 10.5 Å². The topological polar surface area (TPSA) is 113 Å². The van der Waals surface area contributed by atoms with E-state index in [1.165, 1.54) is 12.1 Å². The van der Waals surface area contributed by atoms with Crippen LogP contribution in [0.4, 0.5) is 19.0 Å². The lowest BCUT2D eigenvalue weighted by Gasteiger charge is -2.06. The zero-order valence-corrected chi connectivity index (χ0v) is 11.4. The number of methoxy groups -OCH3 is 1. The highest BCUT2D eigenvalue weighted by Gasteiger charge is 2.37. The molecule has 0 saturated heterocycles. The average Bonchev–Trinajstić information content (AvgIpc) is 3.08. The Kier molecular flexibility index (Phi) is 3.16. The number of aromatic nitrogens is 6. The van der Waals surface area contributed by atoms with Gasteiger partial charge in [0, 0.05) is 0 Å². The maximum Gasteiger partial charge on any atom is 0.453 e. The van der Waals surface area contributed by atoms with Crippen LogP contribution in [0, 0.1) is 0 Å². The summed E-state index contributed by atoms with van der Waals surface area (Å²) in [4.78, 5) is 11.5. The Balaban J connectivity index is 2.14. The standard InChI is InChI=1S/C11H8F3N7O2/c1-23-9(22)5-4-16-20(8(5)15)7-3-2-6-17-18-10(11(12,13)14)21(6)19-7/h2-4H,15H2,1H3. The van der Waals surface area contributed by atoms with Crippen molar-refractivity contribution in [3.63, 3.8) is 0 Å². The van der Waals surface area contributed by atoms with Crippen LogP contribution in [0.15, 0.2) is 18.3 Å². The maximum atomic E-state index is 12.8. The Morgan fingerprint density at radius 2 is 2.04 bits per heavy atom. The normalized spacial score (nSPS) is 11.8. The fraction of sp³-hybridized carbons (Fsp3) is 0.182. The number of alkyl halides is 3. The summed E-state index contributed by atoms with van der Waals surface area (Å²) < 4.78 is 44.6. The SMILES string of the molecule is COC(=O)c1cnn(-c2ccc3nnc(C(F)(F)F)n3n2)c1N. The van der Waals surface area contributed by atoms with Gasteiger partial charge in [0.25, 0.3) is 5.82 Å². The highest BCUT2D eigenvalue weighted by molar-refractivity contribution is 5.94. The maximum absolute atomic E-state index is 12.8. The summed E-state index contributed by atoms with van der Waals surface area (Å²) in [6.45, 7) is 0. The van der Waals surface area contributed by atoms with Crippen LogP contribution in [-0.2, 0) is 10.9 Å². The van der Waals surface area contributed by atoms with E-state index in [1.54, 1.807) is 0 Å². The summed E-state index contributed by atoms with van der Waals surface area (Å²) in [6, 6.07) is 2.61. The molecule has 0 aliphatic carbocycles. The lowest BCUT2D eigenvalue weighted by Crippen LogP contribution is -2.14. The van der Waals surface area contributed by atoms with Gasteiger partial charge in [-0.15, -0.1) is 15.3 Å². The Morgan fingerprint density at radius 3 is 2.70 bits per heavy atom. The molecule has 23 heavy (non-hydrogen) atoms. The molecule has 0 aliphatic rings. The molecule has 3 rings (SSSR count). The van der Waals surface area contributed by atoms with E-state index in [0.717, 1.165) is 18.0 Å². The second-order valence-electron chi connectivity index (χ2n) is 4.33. The van der Waals surface area contributed by atoms with Crippen molar-refractivity contribution in [3.05, 3.63) is 29.7 Å². The molecule has 12 heteroatoms. The lowest BCUT2D eigenvalue weighted by atomic mass is 10.3. The third kappa shape index (κ3) is 2.33. The zero-order chi connectivity index (χ0) is 16.8. The summed E-state index contributed by atoms with van der Waals surface area (Å²) in [5.41, 5.74) is 5.62. The summed E-state index contributed by atoms with van der Waals surface area (Å²) in [5, 5.41) is 14.0. The minimum Gasteiger partial charge on any atom is -0.465 e. The molecule has 0 radical (unpaired) electrons. The van der Waals surface area contributed by atoms with Crippen molar-refractivity contribution in [2.45, 2.75) is 6.18 Å². The molecule has 0 aliphatic heterocycles. The van der Waals surface area contributed by atoms with E-state index in [1.807, 2.05) is 0 Å². The van der Waals surface area contributed by atoms with Crippen LogP contribution in [0.25, 0.3) is 11.5 Å². The molecule has 9 nitrogen and oxygen atoms in total. The molecule has 0 aromatic carbocycles. The van der Waals surface area contributed by atoms with E-state index in [9.17, 15) is 18.0 Å². The molecular weight excluding hydrogens is 319 g/mol. The third-order valence-corrected chi connectivity index (χ3v) is 2.93. The van der Waals surface area contributed by atoms with Gasteiger partial charge >= 0.3 is 12.1 Å². The van der Waals surface area contributed by atoms with Crippen LogP contribution in [0.5, 0.6) is 0 Å². The Labute approximate surface area is 125 Å². The number of fused-ring (bicyclic) bond motifs is 1. The first-order valence-electron chi connectivity index (χ1n) is 6.04. The van der Waals surface area contributed by atoms with Crippen molar-refractivity contribution in [2.75, 3.05) is 12.8 Å². The smallest absolute Gasteiger partial charge is 0.453 e. The highest BCUT2D eigenvalue weighted by Crippen LogP contribution is 2.27. The summed E-state index contributed by atoms with van der Waals surface area (Å²) >= 11 is 0. The fourth-order valence-electron chi connectivity index (χ4n) is 1.88. The molecule has 3 aromatic rings. The molecule has 120 valence electrons. The number of anilines is 1. The van der Waals surface area contributed by atoms with Crippen LogP contribution >= 0.6 is 0 Å². The van der Waals surface area contributed by atoms with Crippen molar-refractivity contribution in [1.29, 1.82) is 0 Å². The number of carbonyl (C=O) groups is 1. The van der Waals surface area contributed by atoms with Crippen LogP contribution in [0.2, 0.25) is 0 Å². The van der Waals surface area contributed by atoms with Gasteiger partial charge in [-0.05, 0) is 12.1 Å². The van der Waals surface area contributed by atoms with Crippen LogP contribution in [0.3, 0.4) is 0 Å². The number of esters is 1. The molecule has 0 bridgehead atoms. The third-order valence-electron chi connectivity index (χ3n) is 2.93. The quantitative estimate of drug-likeness (QED) is 0.689.